The summed E-state index contributed by atoms with van der Waals surface area (Å²) in [4.78, 5) is 0. The normalized spacial score (nSPS) is 10.8. The van der Waals surface area contributed by atoms with E-state index in [2.05, 4.69) is 55.2 Å². The van der Waals surface area contributed by atoms with Gasteiger partial charge in [-0.1, -0.05) is 97.8 Å². The molecule has 1 heteroatoms. The van der Waals surface area contributed by atoms with Gasteiger partial charge in [0, 0.05) is 10.9 Å². The number of halogens is 1. The van der Waals surface area contributed by atoms with Gasteiger partial charge in [-0.15, -0.1) is 0 Å². The highest BCUT2D eigenvalue weighted by Crippen LogP contribution is 2.22. The van der Waals surface area contributed by atoms with Gasteiger partial charge in [0.05, 0.1) is 5.56 Å². The van der Waals surface area contributed by atoms with E-state index in [4.69, 9.17) is 0 Å². The van der Waals surface area contributed by atoms with E-state index >= 15 is 0 Å². The number of rotatable bonds is 7. The lowest BCUT2D eigenvalue weighted by atomic mass is 10.0. The molecular formula is C32H31F. The summed E-state index contributed by atoms with van der Waals surface area (Å²) in [5, 5.41) is 1.53. The average molecular weight is 435 g/mol. The van der Waals surface area contributed by atoms with Crippen molar-refractivity contribution in [3.05, 3.63) is 118 Å². The zero-order chi connectivity index (χ0) is 23.0. The first-order chi connectivity index (χ1) is 16.1. The van der Waals surface area contributed by atoms with E-state index in [0.717, 1.165) is 29.4 Å². The van der Waals surface area contributed by atoms with Gasteiger partial charge >= 0.3 is 0 Å². The van der Waals surface area contributed by atoms with Crippen molar-refractivity contribution < 1.29 is 4.39 Å². The van der Waals surface area contributed by atoms with E-state index in [-0.39, 0.29) is 5.82 Å². The molecule has 0 nitrogen and oxygen atoms in total. The molecule has 0 radical (unpaired) electrons. The van der Waals surface area contributed by atoms with Crippen LogP contribution in [0.5, 0.6) is 0 Å². The molecule has 0 aliphatic carbocycles. The fourth-order valence-corrected chi connectivity index (χ4v) is 4.14. The molecule has 166 valence electrons. The van der Waals surface area contributed by atoms with Crippen molar-refractivity contribution in [2.75, 3.05) is 0 Å². The largest absolute Gasteiger partial charge is 0.205 e. The maximum atomic E-state index is 14.8. The van der Waals surface area contributed by atoms with Gasteiger partial charge in [0.2, 0.25) is 0 Å². The van der Waals surface area contributed by atoms with E-state index in [9.17, 15) is 4.39 Å². The Morgan fingerprint density at radius 1 is 0.667 bits per heavy atom. The molecule has 4 aromatic carbocycles. The molecule has 0 unspecified atom stereocenters. The molecule has 0 atom stereocenters. The molecule has 0 bridgehead atoms. The topological polar surface area (TPSA) is 0 Å². The molecule has 0 amide bonds. The fourth-order valence-electron chi connectivity index (χ4n) is 4.14. The Kier molecular flexibility index (Phi) is 7.59. The minimum absolute atomic E-state index is 0.243. The van der Waals surface area contributed by atoms with Crippen molar-refractivity contribution in [2.45, 2.75) is 52.4 Å². The minimum atomic E-state index is -0.243. The van der Waals surface area contributed by atoms with Crippen LogP contribution in [0.2, 0.25) is 0 Å². The molecule has 0 spiro atoms. The zero-order valence-electron chi connectivity index (χ0n) is 19.6. The molecule has 0 saturated heterocycles. The van der Waals surface area contributed by atoms with Crippen LogP contribution < -0.4 is 0 Å². The van der Waals surface area contributed by atoms with Gasteiger partial charge in [0.1, 0.15) is 5.82 Å². The van der Waals surface area contributed by atoms with Gasteiger partial charge in [-0.3, -0.25) is 0 Å². The van der Waals surface area contributed by atoms with E-state index < -0.39 is 0 Å². The molecule has 0 saturated carbocycles. The Morgan fingerprint density at radius 2 is 1.30 bits per heavy atom. The van der Waals surface area contributed by atoms with Crippen molar-refractivity contribution in [3.63, 3.8) is 0 Å². The molecule has 0 heterocycles. The van der Waals surface area contributed by atoms with Crippen LogP contribution in [-0.4, -0.2) is 0 Å². The Labute approximate surface area is 197 Å². The number of aryl methyl sites for hydroxylation is 4. The SMILES string of the molecule is CCCCCc1ccc(CCc2ccc(C#Cc3ccc4cc(C)ccc4c3F)cc2)cc1. The monoisotopic (exact) mass is 434 g/mol. The third-order valence-corrected chi connectivity index (χ3v) is 6.20. The van der Waals surface area contributed by atoms with Gasteiger partial charge in [-0.05, 0) is 72.9 Å². The van der Waals surface area contributed by atoms with Gasteiger partial charge < -0.3 is 0 Å². The number of unbranched alkanes of at least 4 members (excludes halogenated alkanes) is 2. The Morgan fingerprint density at radius 3 is 1.97 bits per heavy atom. The van der Waals surface area contributed by atoms with Crippen molar-refractivity contribution in [1.29, 1.82) is 0 Å². The van der Waals surface area contributed by atoms with Crippen LogP contribution in [0.3, 0.4) is 0 Å². The zero-order valence-corrected chi connectivity index (χ0v) is 19.6. The second-order valence-electron chi connectivity index (χ2n) is 8.87. The van der Waals surface area contributed by atoms with Crippen LogP contribution in [0.1, 0.15) is 59.6 Å². The van der Waals surface area contributed by atoms with Crippen molar-refractivity contribution in [1.82, 2.24) is 0 Å². The summed E-state index contributed by atoms with van der Waals surface area (Å²) in [6.45, 7) is 4.26. The summed E-state index contributed by atoms with van der Waals surface area (Å²) in [5.41, 5.74) is 6.57. The molecule has 33 heavy (non-hydrogen) atoms. The highest BCUT2D eigenvalue weighted by Gasteiger charge is 2.05. The molecule has 4 aromatic rings. The summed E-state index contributed by atoms with van der Waals surface area (Å²) in [5.74, 6) is 5.89. The number of benzene rings is 4. The van der Waals surface area contributed by atoms with Gasteiger partial charge in [0.15, 0.2) is 0 Å². The van der Waals surface area contributed by atoms with Crippen LogP contribution in [0, 0.1) is 24.6 Å². The van der Waals surface area contributed by atoms with Gasteiger partial charge in [0.25, 0.3) is 0 Å². The van der Waals surface area contributed by atoms with Crippen LogP contribution in [-0.2, 0) is 19.3 Å². The molecular weight excluding hydrogens is 403 g/mol. The van der Waals surface area contributed by atoms with E-state index in [0.29, 0.717) is 10.9 Å². The Bertz CT molecular complexity index is 1270. The number of hydrogen-bond donors (Lipinski definition) is 0. The first-order valence-corrected chi connectivity index (χ1v) is 12.0. The highest BCUT2D eigenvalue weighted by atomic mass is 19.1. The first kappa shape index (κ1) is 22.8. The summed E-state index contributed by atoms with van der Waals surface area (Å²) < 4.78 is 14.8. The van der Waals surface area contributed by atoms with Crippen molar-refractivity contribution in [3.8, 4) is 11.8 Å². The molecule has 0 N–H and O–H groups in total. The lowest BCUT2D eigenvalue weighted by molar-refractivity contribution is 0.636. The summed E-state index contributed by atoms with van der Waals surface area (Å²) in [7, 11) is 0. The Balaban J connectivity index is 1.37. The van der Waals surface area contributed by atoms with Crippen LogP contribution >= 0.6 is 0 Å². The predicted molar refractivity (Wildman–Crippen MR) is 138 cm³/mol. The standard InChI is InChI=1S/C32H31F/c1-3-4-5-6-25-8-10-26(11-9-25)12-13-27-14-16-28(17-15-27)18-19-29-20-21-30-23-24(2)7-22-31(30)32(29)33/h7-11,14-17,20-23H,3-6,12-13H2,1-2H3. The third-order valence-electron chi connectivity index (χ3n) is 6.20. The second kappa shape index (κ2) is 11.0. The quantitative estimate of drug-likeness (QED) is 0.203. The predicted octanol–water partition coefficient (Wildman–Crippen LogP) is 8.21. The second-order valence-corrected chi connectivity index (χ2v) is 8.87. The summed E-state index contributed by atoms with van der Waals surface area (Å²) in [6, 6.07) is 26.9. The van der Waals surface area contributed by atoms with E-state index in [1.165, 1.54) is 42.4 Å². The first-order valence-electron chi connectivity index (χ1n) is 12.0. The van der Waals surface area contributed by atoms with E-state index in [1.807, 2.05) is 43.3 Å². The van der Waals surface area contributed by atoms with Gasteiger partial charge in [-0.25, -0.2) is 4.39 Å². The highest BCUT2D eigenvalue weighted by molar-refractivity contribution is 5.85. The number of fused-ring (bicyclic) bond motifs is 1. The average Bonchev–Trinajstić information content (AvgIpc) is 2.84. The maximum Gasteiger partial charge on any atom is 0.146 e. The van der Waals surface area contributed by atoms with Crippen LogP contribution in [0.15, 0.2) is 78.9 Å². The Hall–Kier alpha value is -3.37. The van der Waals surface area contributed by atoms with Crippen molar-refractivity contribution >= 4 is 10.8 Å². The molecule has 0 aliphatic rings. The summed E-state index contributed by atoms with van der Waals surface area (Å²) in [6.07, 6.45) is 7.06. The van der Waals surface area contributed by atoms with Crippen LogP contribution in [0.25, 0.3) is 10.8 Å². The number of hydrogen-bond acceptors (Lipinski definition) is 0. The third kappa shape index (κ3) is 6.11. The molecule has 0 aromatic heterocycles. The maximum absolute atomic E-state index is 14.8. The molecule has 4 rings (SSSR count). The van der Waals surface area contributed by atoms with Gasteiger partial charge in [-0.2, -0.15) is 0 Å². The minimum Gasteiger partial charge on any atom is -0.205 e. The van der Waals surface area contributed by atoms with Crippen LogP contribution in [0.4, 0.5) is 4.39 Å². The fraction of sp³-hybridized carbons (Fsp3) is 0.250. The summed E-state index contributed by atoms with van der Waals surface area (Å²) >= 11 is 0. The van der Waals surface area contributed by atoms with Crippen molar-refractivity contribution in [2.24, 2.45) is 0 Å². The lowest BCUT2D eigenvalue weighted by Gasteiger charge is -2.05. The smallest absolute Gasteiger partial charge is 0.146 e. The molecule has 0 aliphatic heterocycles. The van der Waals surface area contributed by atoms with E-state index in [1.54, 1.807) is 6.07 Å². The lowest BCUT2D eigenvalue weighted by Crippen LogP contribution is -1.93. The molecule has 0 fully saturated rings.